The van der Waals surface area contributed by atoms with Crippen molar-refractivity contribution in [1.29, 1.82) is 0 Å². The lowest BCUT2D eigenvalue weighted by Gasteiger charge is -2.15. The summed E-state index contributed by atoms with van der Waals surface area (Å²) >= 11 is 0. The van der Waals surface area contributed by atoms with E-state index < -0.39 is 17.3 Å². The van der Waals surface area contributed by atoms with E-state index in [0.717, 1.165) is 6.20 Å². The van der Waals surface area contributed by atoms with Gasteiger partial charge in [0.25, 0.3) is 5.56 Å². The van der Waals surface area contributed by atoms with Crippen LogP contribution < -0.4 is 10.9 Å². The van der Waals surface area contributed by atoms with Gasteiger partial charge in [-0.2, -0.15) is 18.3 Å². The molecule has 0 radical (unpaired) electrons. The van der Waals surface area contributed by atoms with Crippen molar-refractivity contribution in [2.24, 2.45) is 0 Å². The van der Waals surface area contributed by atoms with Crippen LogP contribution in [0.15, 0.2) is 23.1 Å². The molecule has 4 nitrogen and oxygen atoms in total. The molecule has 1 rings (SSSR count). The average molecular weight is 247 g/mol. The number of aromatic nitrogens is 2. The zero-order chi connectivity index (χ0) is 13.1. The Labute approximate surface area is 95.5 Å². The summed E-state index contributed by atoms with van der Waals surface area (Å²) in [5.74, 6) is 0. The van der Waals surface area contributed by atoms with E-state index in [1.165, 1.54) is 0 Å². The minimum absolute atomic E-state index is 0.327. The number of H-pyrrole nitrogens is 1. The number of nitrogens with one attached hydrogen (secondary N) is 2. The fourth-order valence-electron chi connectivity index (χ4n) is 1.37. The summed E-state index contributed by atoms with van der Waals surface area (Å²) in [6.07, 6.45) is -0.397. The van der Waals surface area contributed by atoms with Crippen molar-refractivity contribution in [1.82, 2.24) is 10.2 Å². The summed E-state index contributed by atoms with van der Waals surface area (Å²) in [6.45, 7) is 3.42. The van der Waals surface area contributed by atoms with Gasteiger partial charge in [-0.05, 0) is 13.8 Å². The van der Waals surface area contributed by atoms with E-state index in [-0.39, 0.29) is 11.7 Å². The summed E-state index contributed by atoms with van der Waals surface area (Å²) in [5.41, 5.74) is -2.84. The predicted octanol–water partition coefficient (Wildman–Crippen LogP) is 2.17. The molecule has 0 aliphatic heterocycles. The van der Waals surface area contributed by atoms with Crippen molar-refractivity contribution in [2.45, 2.75) is 26.1 Å². The minimum Gasteiger partial charge on any atom is -0.377 e. The number of halogens is 3. The van der Waals surface area contributed by atoms with Gasteiger partial charge in [0.15, 0.2) is 0 Å². The van der Waals surface area contributed by atoms with Crippen molar-refractivity contribution in [3.05, 3.63) is 34.3 Å². The molecule has 0 aliphatic carbocycles. The lowest BCUT2D eigenvalue weighted by Crippen LogP contribution is -2.26. The largest absolute Gasteiger partial charge is 0.423 e. The normalized spacial score (nSPS) is 13.9. The zero-order valence-corrected chi connectivity index (χ0v) is 9.30. The van der Waals surface area contributed by atoms with Crippen LogP contribution in [0.4, 0.5) is 18.9 Å². The Morgan fingerprint density at radius 3 is 2.71 bits per heavy atom. The van der Waals surface area contributed by atoms with Crippen LogP contribution in [-0.4, -0.2) is 16.2 Å². The lowest BCUT2D eigenvalue weighted by atomic mass is 10.2. The van der Waals surface area contributed by atoms with E-state index in [0.29, 0.717) is 0 Å². The first-order valence-electron chi connectivity index (χ1n) is 4.90. The van der Waals surface area contributed by atoms with Gasteiger partial charge in [0.2, 0.25) is 0 Å². The number of rotatable bonds is 3. The number of hydrogen-bond acceptors (Lipinski definition) is 3. The zero-order valence-electron chi connectivity index (χ0n) is 9.30. The highest BCUT2D eigenvalue weighted by Gasteiger charge is 2.37. The fourth-order valence-corrected chi connectivity index (χ4v) is 1.37. The first-order chi connectivity index (χ1) is 7.86. The number of nitrogens with zero attached hydrogens (tertiary/aromatic N) is 1. The molecule has 0 aromatic carbocycles. The van der Waals surface area contributed by atoms with Crippen molar-refractivity contribution >= 4 is 5.69 Å². The Morgan fingerprint density at radius 2 is 2.18 bits per heavy atom. The molecule has 0 spiro atoms. The van der Waals surface area contributed by atoms with Crippen LogP contribution in [0, 0.1) is 0 Å². The second-order valence-electron chi connectivity index (χ2n) is 3.44. The Balaban J connectivity index is 3.16. The van der Waals surface area contributed by atoms with Gasteiger partial charge in [0.1, 0.15) is 5.56 Å². The third-order valence-electron chi connectivity index (χ3n) is 2.00. The highest BCUT2D eigenvalue weighted by Crippen LogP contribution is 2.31. The van der Waals surface area contributed by atoms with Gasteiger partial charge in [-0.15, -0.1) is 0 Å². The van der Waals surface area contributed by atoms with E-state index >= 15 is 0 Å². The van der Waals surface area contributed by atoms with E-state index in [1.807, 2.05) is 0 Å². The number of anilines is 1. The molecule has 1 aromatic heterocycles. The summed E-state index contributed by atoms with van der Waals surface area (Å²) < 4.78 is 37.9. The smallest absolute Gasteiger partial charge is 0.377 e. The van der Waals surface area contributed by atoms with Gasteiger partial charge in [-0.25, -0.2) is 5.10 Å². The van der Waals surface area contributed by atoms with Crippen LogP contribution in [0.1, 0.15) is 19.4 Å². The van der Waals surface area contributed by atoms with Gasteiger partial charge in [-0.1, -0.05) is 12.2 Å². The number of aromatic amines is 1. The van der Waals surface area contributed by atoms with Gasteiger partial charge in [-0.3, -0.25) is 4.79 Å². The Hall–Kier alpha value is -1.79. The van der Waals surface area contributed by atoms with E-state index in [9.17, 15) is 18.0 Å². The quantitative estimate of drug-likeness (QED) is 0.805. The molecule has 0 saturated heterocycles. The van der Waals surface area contributed by atoms with Crippen molar-refractivity contribution < 1.29 is 13.2 Å². The van der Waals surface area contributed by atoms with Crippen molar-refractivity contribution in [3.63, 3.8) is 0 Å². The van der Waals surface area contributed by atoms with Crippen LogP contribution >= 0.6 is 0 Å². The third kappa shape index (κ3) is 3.33. The van der Waals surface area contributed by atoms with Gasteiger partial charge in [0, 0.05) is 6.04 Å². The highest BCUT2D eigenvalue weighted by molar-refractivity contribution is 5.50. The summed E-state index contributed by atoms with van der Waals surface area (Å²) in [7, 11) is 0. The minimum atomic E-state index is -4.71. The molecule has 94 valence electrons. The second-order valence-corrected chi connectivity index (χ2v) is 3.44. The maximum absolute atomic E-state index is 12.6. The SMILES string of the molecule is CC=CC(C)Nc1cn[nH]c(=O)c1C(F)(F)F. The summed E-state index contributed by atoms with van der Waals surface area (Å²) in [4.78, 5) is 11.1. The Kier molecular flexibility index (Phi) is 3.93. The monoisotopic (exact) mass is 247 g/mol. The van der Waals surface area contributed by atoms with Crippen molar-refractivity contribution in [3.8, 4) is 0 Å². The highest BCUT2D eigenvalue weighted by atomic mass is 19.4. The topological polar surface area (TPSA) is 57.8 Å². The maximum atomic E-state index is 12.6. The predicted molar refractivity (Wildman–Crippen MR) is 57.8 cm³/mol. The molecule has 0 amide bonds. The molecule has 0 saturated carbocycles. The Morgan fingerprint density at radius 1 is 1.53 bits per heavy atom. The molecule has 1 heterocycles. The van der Waals surface area contributed by atoms with Gasteiger partial charge >= 0.3 is 6.18 Å². The summed E-state index contributed by atoms with van der Waals surface area (Å²) in [6, 6.07) is -0.329. The number of allylic oxidation sites excluding steroid dienone is 1. The first kappa shape index (κ1) is 13.3. The molecule has 17 heavy (non-hydrogen) atoms. The molecule has 1 atom stereocenters. The standard InChI is InChI=1S/C10H12F3N3O/c1-3-4-6(2)15-7-5-14-16-9(17)8(7)10(11,12)13/h3-6H,1-2H3,(H2,15,16,17). The molecule has 0 bridgehead atoms. The van der Waals surface area contributed by atoms with Crippen LogP contribution in [0.2, 0.25) is 0 Å². The van der Waals surface area contributed by atoms with Gasteiger partial charge in [0.05, 0.1) is 11.9 Å². The van der Waals surface area contributed by atoms with Crippen LogP contribution in [0.5, 0.6) is 0 Å². The molecule has 1 aromatic rings. The lowest BCUT2D eigenvalue weighted by molar-refractivity contribution is -0.138. The van der Waals surface area contributed by atoms with E-state index in [4.69, 9.17) is 0 Å². The van der Waals surface area contributed by atoms with E-state index in [2.05, 4.69) is 10.4 Å². The summed E-state index contributed by atoms with van der Waals surface area (Å²) in [5, 5.41) is 7.69. The van der Waals surface area contributed by atoms with Gasteiger partial charge < -0.3 is 5.32 Å². The fraction of sp³-hybridized carbons (Fsp3) is 0.400. The van der Waals surface area contributed by atoms with Crippen LogP contribution in [0.3, 0.4) is 0 Å². The van der Waals surface area contributed by atoms with E-state index in [1.54, 1.807) is 31.1 Å². The Bertz CT molecular complexity index is 465. The molecule has 2 N–H and O–H groups in total. The molecule has 0 fully saturated rings. The van der Waals surface area contributed by atoms with Crippen LogP contribution in [-0.2, 0) is 6.18 Å². The molecular formula is C10H12F3N3O. The molecule has 7 heteroatoms. The molecule has 0 aliphatic rings. The molecular weight excluding hydrogens is 235 g/mol. The third-order valence-corrected chi connectivity index (χ3v) is 2.00. The number of alkyl halides is 3. The van der Waals surface area contributed by atoms with Crippen LogP contribution in [0.25, 0.3) is 0 Å². The number of hydrogen-bond donors (Lipinski definition) is 2. The maximum Gasteiger partial charge on any atom is 0.423 e. The average Bonchev–Trinajstić information content (AvgIpc) is 2.15. The first-order valence-corrected chi connectivity index (χ1v) is 4.90. The second kappa shape index (κ2) is 5.03. The molecule has 1 unspecified atom stereocenters. The van der Waals surface area contributed by atoms with Crippen molar-refractivity contribution in [2.75, 3.05) is 5.32 Å².